The summed E-state index contributed by atoms with van der Waals surface area (Å²) in [6.07, 6.45) is 6.36. The maximum absolute atomic E-state index is 13.2. The van der Waals surface area contributed by atoms with Crippen molar-refractivity contribution < 1.29 is 19.5 Å². The number of hydrogen-bond donors (Lipinski definition) is 3. The Labute approximate surface area is 231 Å². The van der Waals surface area contributed by atoms with Crippen LogP contribution >= 0.6 is 11.8 Å². The summed E-state index contributed by atoms with van der Waals surface area (Å²) in [5, 5.41) is 15.6. The summed E-state index contributed by atoms with van der Waals surface area (Å²) in [6.45, 7) is 8.55. The molecule has 1 unspecified atom stereocenters. The normalized spacial score (nSPS) is 11.7. The van der Waals surface area contributed by atoms with Crippen molar-refractivity contribution in [2.45, 2.75) is 65.5 Å². The van der Waals surface area contributed by atoms with Gasteiger partial charge in [-0.05, 0) is 72.6 Å². The van der Waals surface area contributed by atoms with Crippen molar-refractivity contribution in [3.05, 3.63) is 59.2 Å². The van der Waals surface area contributed by atoms with E-state index in [4.69, 9.17) is 0 Å². The summed E-state index contributed by atoms with van der Waals surface area (Å²) in [5.74, 6) is -0.706. The predicted molar refractivity (Wildman–Crippen MR) is 157 cm³/mol. The van der Waals surface area contributed by atoms with Gasteiger partial charge in [0.25, 0.3) is 5.91 Å². The van der Waals surface area contributed by atoms with Crippen LogP contribution in [0.2, 0.25) is 0 Å². The molecule has 0 radical (unpaired) electrons. The summed E-state index contributed by atoms with van der Waals surface area (Å²) >= 11 is 1.54. The molecule has 0 saturated carbocycles. The van der Waals surface area contributed by atoms with Crippen LogP contribution in [0.3, 0.4) is 0 Å². The van der Waals surface area contributed by atoms with E-state index in [2.05, 4.69) is 24.5 Å². The van der Waals surface area contributed by atoms with E-state index < -0.39 is 17.9 Å². The van der Waals surface area contributed by atoms with E-state index >= 15 is 0 Å². The van der Waals surface area contributed by atoms with Crippen LogP contribution in [0, 0.1) is 6.92 Å². The average Bonchev–Trinajstić information content (AvgIpc) is 2.91. The smallest absolute Gasteiger partial charge is 0.326 e. The van der Waals surface area contributed by atoms with Gasteiger partial charge in [0.05, 0.1) is 6.54 Å². The van der Waals surface area contributed by atoms with Gasteiger partial charge >= 0.3 is 5.97 Å². The van der Waals surface area contributed by atoms with Gasteiger partial charge in [-0.2, -0.15) is 11.8 Å². The van der Waals surface area contributed by atoms with Crippen molar-refractivity contribution in [1.29, 1.82) is 0 Å². The number of unbranched alkanes of at least 4 members (excludes halogenated alkanes) is 2. The first-order valence-electron chi connectivity index (χ1n) is 13.5. The minimum Gasteiger partial charge on any atom is -0.480 e. The Kier molecular flexibility index (Phi) is 13.9. The van der Waals surface area contributed by atoms with Crippen LogP contribution in [-0.2, 0) is 16.1 Å². The summed E-state index contributed by atoms with van der Waals surface area (Å²) in [5.41, 5.74) is 4.05. The number of thioether (sulfide) groups is 1. The fourth-order valence-corrected chi connectivity index (χ4v) is 4.68. The van der Waals surface area contributed by atoms with Crippen LogP contribution in [0.25, 0.3) is 11.1 Å². The third kappa shape index (κ3) is 9.80. The van der Waals surface area contributed by atoms with Gasteiger partial charge < -0.3 is 20.6 Å². The lowest BCUT2D eigenvalue weighted by atomic mass is 9.93. The minimum absolute atomic E-state index is 0.104. The fraction of sp³-hybridized carbons (Fsp3) is 0.500. The second-order valence-electron chi connectivity index (χ2n) is 9.53. The third-order valence-corrected chi connectivity index (χ3v) is 7.14. The number of aryl methyl sites for hydroxylation is 1. The molecule has 2 amide bonds. The molecule has 0 aliphatic rings. The molecule has 0 saturated heterocycles. The molecule has 0 heterocycles. The predicted octanol–water partition coefficient (Wildman–Crippen LogP) is 5.12. The summed E-state index contributed by atoms with van der Waals surface area (Å²) in [4.78, 5) is 39.7. The van der Waals surface area contributed by atoms with Crippen molar-refractivity contribution in [3.63, 3.8) is 0 Å². The van der Waals surface area contributed by atoms with E-state index in [0.717, 1.165) is 61.0 Å². The fourth-order valence-electron chi connectivity index (χ4n) is 4.21. The number of nitrogens with zero attached hydrogens (tertiary/aromatic N) is 1. The number of rotatable bonds is 17. The van der Waals surface area contributed by atoms with E-state index in [9.17, 15) is 19.5 Å². The number of carboxylic acids is 1. The molecule has 7 nitrogen and oxygen atoms in total. The topological polar surface area (TPSA) is 98.7 Å². The number of benzene rings is 2. The molecule has 208 valence electrons. The second kappa shape index (κ2) is 16.9. The Morgan fingerprint density at radius 3 is 2.29 bits per heavy atom. The highest BCUT2D eigenvalue weighted by Gasteiger charge is 2.23. The molecular formula is C30H43N3O4S. The number of amides is 2. The zero-order chi connectivity index (χ0) is 27.9. The van der Waals surface area contributed by atoms with Crippen molar-refractivity contribution in [1.82, 2.24) is 15.5 Å². The van der Waals surface area contributed by atoms with Crippen molar-refractivity contribution in [2.75, 3.05) is 31.6 Å². The lowest BCUT2D eigenvalue weighted by molar-refractivity contribution is -0.139. The number of hydrogen-bond acceptors (Lipinski definition) is 5. The van der Waals surface area contributed by atoms with Gasteiger partial charge in [0.2, 0.25) is 5.91 Å². The first kappa shape index (κ1) is 31.4. The number of carbonyl (C=O) groups excluding carboxylic acids is 2. The molecule has 38 heavy (non-hydrogen) atoms. The zero-order valence-corrected chi connectivity index (χ0v) is 24.0. The second-order valence-corrected chi connectivity index (χ2v) is 10.5. The Morgan fingerprint density at radius 1 is 1.00 bits per heavy atom. The van der Waals surface area contributed by atoms with Crippen molar-refractivity contribution in [2.24, 2.45) is 0 Å². The van der Waals surface area contributed by atoms with Gasteiger partial charge in [0.15, 0.2) is 0 Å². The van der Waals surface area contributed by atoms with Crippen LogP contribution in [0.5, 0.6) is 0 Å². The van der Waals surface area contributed by atoms with Crippen LogP contribution in [-0.4, -0.2) is 65.5 Å². The molecular weight excluding hydrogens is 498 g/mol. The standard InChI is InChI=1S/C30H43N3O4S/c1-5-7-16-33(17-8-6-2)28(34)21-31-20-23-13-14-25(26(19-23)24-12-10-9-11-22(24)3)29(35)32-27(30(36)37)15-18-38-4/h9-14,19,27,31H,5-8,15-18,20-21H2,1-4H3,(H,32,35)(H,36,37). The zero-order valence-electron chi connectivity index (χ0n) is 23.2. The van der Waals surface area contributed by atoms with Gasteiger partial charge in [-0.1, -0.05) is 57.0 Å². The van der Waals surface area contributed by atoms with Gasteiger partial charge in [0, 0.05) is 25.2 Å². The highest BCUT2D eigenvalue weighted by molar-refractivity contribution is 7.98. The highest BCUT2D eigenvalue weighted by Crippen LogP contribution is 2.28. The Morgan fingerprint density at radius 2 is 1.68 bits per heavy atom. The summed E-state index contributed by atoms with van der Waals surface area (Å²) in [7, 11) is 0. The molecule has 0 fully saturated rings. The first-order valence-corrected chi connectivity index (χ1v) is 14.9. The molecule has 0 aromatic heterocycles. The first-order chi connectivity index (χ1) is 18.3. The molecule has 3 N–H and O–H groups in total. The van der Waals surface area contributed by atoms with Gasteiger partial charge in [0.1, 0.15) is 6.04 Å². The molecule has 2 rings (SSSR count). The molecule has 0 spiro atoms. The van der Waals surface area contributed by atoms with Crippen molar-refractivity contribution >= 4 is 29.5 Å². The van der Waals surface area contributed by atoms with Gasteiger partial charge in [-0.15, -0.1) is 0 Å². The molecule has 0 aliphatic carbocycles. The van der Waals surface area contributed by atoms with Crippen molar-refractivity contribution in [3.8, 4) is 11.1 Å². The molecule has 8 heteroatoms. The summed E-state index contributed by atoms with van der Waals surface area (Å²) in [6, 6.07) is 12.4. The summed E-state index contributed by atoms with van der Waals surface area (Å²) < 4.78 is 0. The minimum atomic E-state index is -1.04. The van der Waals surface area contributed by atoms with E-state index in [1.54, 1.807) is 17.8 Å². The SMILES string of the molecule is CCCCN(CCCC)C(=O)CNCc1ccc(C(=O)NC(CCSC)C(=O)O)c(-c2ccccc2C)c1. The van der Waals surface area contributed by atoms with E-state index in [1.807, 2.05) is 54.5 Å². The molecule has 2 aromatic carbocycles. The quantitative estimate of drug-likeness (QED) is 0.257. The lowest BCUT2D eigenvalue weighted by Gasteiger charge is -2.23. The van der Waals surface area contributed by atoms with E-state index in [1.165, 1.54) is 0 Å². The number of nitrogens with one attached hydrogen (secondary N) is 2. The van der Waals surface area contributed by atoms with Crippen LogP contribution < -0.4 is 10.6 Å². The van der Waals surface area contributed by atoms with Gasteiger partial charge in [-0.25, -0.2) is 4.79 Å². The molecule has 0 aliphatic heterocycles. The van der Waals surface area contributed by atoms with Crippen LogP contribution in [0.15, 0.2) is 42.5 Å². The average molecular weight is 542 g/mol. The van der Waals surface area contributed by atoms with Crippen LogP contribution in [0.4, 0.5) is 0 Å². The number of carbonyl (C=O) groups is 3. The molecule has 1 atom stereocenters. The van der Waals surface area contributed by atoms with Crippen LogP contribution in [0.1, 0.15) is 67.4 Å². The Bertz CT molecular complexity index is 1050. The Hall–Kier alpha value is -2.84. The maximum Gasteiger partial charge on any atom is 0.326 e. The monoisotopic (exact) mass is 541 g/mol. The largest absolute Gasteiger partial charge is 0.480 e. The Balaban J connectivity index is 2.22. The lowest BCUT2D eigenvalue weighted by Crippen LogP contribution is -2.41. The maximum atomic E-state index is 13.2. The third-order valence-electron chi connectivity index (χ3n) is 6.50. The van der Waals surface area contributed by atoms with E-state index in [0.29, 0.717) is 24.3 Å². The number of aliphatic carboxylic acids is 1. The highest BCUT2D eigenvalue weighted by atomic mass is 32.2. The van der Waals surface area contributed by atoms with Gasteiger partial charge in [-0.3, -0.25) is 9.59 Å². The van der Waals surface area contributed by atoms with E-state index in [-0.39, 0.29) is 12.5 Å². The molecule has 0 bridgehead atoms. The molecule has 2 aromatic rings. The number of carboxylic acid groups (broad SMARTS) is 1.